The number of nitrogens with zero attached hydrogens (tertiary/aromatic N) is 1. The van der Waals surface area contributed by atoms with Crippen molar-refractivity contribution >= 4 is 16.6 Å². The number of phenolic OH excluding ortho intramolecular Hbond substituents is 1. The summed E-state index contributed by atoms with van der Waals surface area (Å²) in [6.45, 7) is -0.129. The Morgan fingerprint density at radius 2 is 2.14 bits per heavy atom. The number of nitrogen functional groups attached to an aromatic ring is 1. The van der Waals surface area contributed by atoms with Gasteiger partial charge in [0.05, 0.1) is 24.0 Å². The van der Waals surface area contributed by atoms with Crippen LogP contribution in [0.1, 0.15) is 5.56 Å². The molecule has 0 saturated carbocycles. The first-order valence-corrected chi connectivity index (χ1v) is 4.19. The monoisotopic (exact) mass is 190 g/mol. The summed E-state index contributed by atoms with van der Waals surface area (Å²) in [5, 5.41) is 19.1. The number of phenols is 1. The van der Waals surface area contributed by atoms with Crippen molar-refractivity contribution in [2.75, 3.05) is 5.73 Å². The van der Waals surface area contributed by atoms with Gasteiger partial charge in [0.25, 0.3) is 0 Å². The highest BCUT2D eigenvalue weighted by Gasteiger charge is 2.05. The standard InChI is InChI=1S/C10H10N2O2/c11-9-4-12-10-3-6(14)1-2-7(10)8(9)5-13/h1-4,13-14H,5,11H2. The number of aromatic hydroxyl groups is 1. The predicted octanol–water partition coefficient (Wildman–Crippen LogP) is 1.01. The molecule has 14 heavy (non-hydrogen) atoms. The van der Waals surface area contributed by atoms with Crippen molar-refractivity contribution in [1.82, 2.24) is 4.98 Å². The van der Waals surface area contributed by atoms with E-state index in [2.05, 4.69) is 4.98 Å². The van der Waals surface area contributed by atoms with Crippen LogP contribution < -0.4 is 5.73 Å². The van der Waals surface area contributed by atoms with Gasteiger partial charge >= 0.3 is 0 Å². The van der Waals surface area contributed by atoms with Crippen LogP contribution >= 0.6 is 0 Å². The van der Waals surface area contributed by atoms with Crippen molar-refractivity contribution in [1.29, 1.82) is 0 Å². The Labute approximate surface area is 80.6 Å². The Hall–Kier alpha value is -1.81. The molecule has 0 aliphatic rings. The van der Waals surface area contributed by atoms with E-state index < -0.39 is 0 Å². The fraction of sp³-hybridized carbons (Fsp3) is 0.100. The van der Waals surface area contributed by atoms with Gasteiger partial charge in [-0.05, 0) is 12.1 Å². The molecule has 4 nitrogen and oxygen atoms in total. The highest BCUT2D eigenvalue weighted by Crippen LogP contribution is 2.24. The Balaban J connectivity index is 2.82. The van der Waals surface area contributed by atoms with Gasteiger partial charge in [0.2, 0.25) is 0 Å². The first-order chi connectivity index (χ1) is 6.72. The number of nitrogens with two attached hydrogens (primary N) is 1. The maximum absolute atomic E-state index is 9.23. The lowest BCUT2D eigenvalue weighted by Gasteiger charge is -2.06. The van der Waals surface area contributed by atoms with Gasteiger partial charge in [-0.2, -0.15) is 0 Å². The van der Waals surface area contributed by atoms with Gasteiger partial charge in [-0.15, -0.1) is 0 Å². The molecule has 0 aliphatic carbocycles. The maximum Gasteiger partial charge on any atom is 0.117 e. The number of pyridine rings is 1. The number of rotatable bonds is 1. The number of aliphatic hydroxyl groups excluding tert-OH is 1. The zero-order valence-electron chi connectivity index (χ0n) is 7.44. The Bertz CT molecular complexity index is 483. The second-order valence-corrected chi connectivity index (χ2v) is 3.05. The number of aromatic nitrogens is 1. The molecule has 0 unspecified atom stereocenters. The van der Waals surface area contributed by atoms with Crippen molar-refractivity contribution in [2.24, 2.45) is 0 Å². The number of hydrogen-bond donors (Lipinski definition) is 3. The Morgan fingerprint density at radius 1 is 1.36 bits per heavy atom. The van der Waals surface area contributed by atoms with Gasteiger partial charge in [0.1, 0.15) is 5.75 Å². The third-order valence-corrected chi connectivity index (χ3v) is 2.16. The molecule has 1 aromatic heterocycles. The van der Waals surface area contributed by atoms with Gasteiger partial charge in [0, 0.05) is 17.0 Å². The van der Waals surface area contributed by atoms with Crippen LogP contribution in [0.5, 0.6) is 5.75 Å². The lowest BCUT2D eigenvalue weighted by Crippen LogP contribution is -1.96. The molecule has 4 N–H and O–H groups in total. The molecule has 72 valence electrons. The summed E-state index contributed by atoms with van der Waals surface area (Å²) in [5.74, 6) is 0.152. The van der Waals surface area contributed by atoms with Gasteiger partial charge in [-0.1, -0.05) is 0 Å². The molecule has 2 aromatic rings. The average molecular weight is 190 g/mol. The van der Waals surface area contributed by atoms with E-state index >= 15 is 0 Å². The van der Waals surface area contributed by atoms with E-state index in [0.717, 1.165) is 5.39 Å². The number of fused-ring (bicyclic) bond motifs is 1. The minimum absolute atomic E-state index is 0.129. The second kappa shape index (κ2) is 3.16. The van der Waals surface area contributed by atoms with Gasteiger partial charge < -0.3 is 15.9 Å². The molecule has 4 heteroatoms. The van der Waals surface area contributed by atoms with Crippen LogP contribution in [0.4, 0.5) is 5.69 Å². The molecule has 0 aliphatic heterocycles. The van der Waals surface area contributed by atoms with Gasteiger partial charge in [-0.3, -0.25) is 4.98 Å². The zero-order valence-corrected chi connectivity index (χ0v) is 7.44. The summed E-state index contributed by atoms with van der Waals surface area (Å²) >= 11 is 0. The van der Waals surface area contributed by atoms with Crippen LogP contribution in [0.25, 0.3) is 10.9 Å². The lowest BCUT2D eigenvalue weighted by atomic mass is 10.1. The summed E-state index contributed by atoms with van der Waals surface area (Å²) in [5.41, 5.74) is 7.39. The number of anilines is 1. The van der Waals surface area contributed by atoms with Crippen LogP contribution in [0.3, 0.4) is 0 Å². The molecule has 0 saturated heterocycles. The largest absolute Gasteiger partial charge is 0.508 e. The van der Waals surface area contributed by atoms with Crippen LogP contribution in [-0.2, 0) is 6.61 Å². The summed E-state index contributed by atoms with van der Waals surface area (Å²) in [7, 11) is 0. The number of benzene rings is 1. The van der Waals surface area contributed by atoms with Crippen molar-refractivity contribution in [3.8, 4) is 5.75 Å². The molecule has 1 heterocycles. The second-order valence-electron chi connectivity index (χ2n) is 3.05. The highest BCUT2D eigenvalue weighted by molar-refractivity contribution is 5.86. The van der Waals surface area contributed by atoms with E-state index in [0.29, 0.717) is 16.8 Å². The number of aliphatic hydroxyl groups is 1. The average Bonchev–Trinajstić information content (AvgIpc) is 2.18. The van der Waals surface area contributed by atoms with Crippen LogP contribution in [0.2, 0.25) is 0 Å². The Morgan fingerprint density at radius 3 is 2.86 bits per heavy atom. The molecule has 0 atom stereocenters. The molecule has 0 bridgehead atoms. The van der Waals surface area contributed by atoms with Crippen molar-refractivity contribution in [2.45, 2.75) is 6.61 Å². The quantitative estimate of drug-likeness (QED) is 0.627. The summed E-state index contributed by atoms with van der Waals surface area (Å²) in [6.07, 6.45) is 1.48. The van der Waals surface area contributed by atoms with Crippen LogP contribution in [-0.4, -0.2) is 15.2 Å². The van der Waals surface area contributed by atoms with E-state index in [-0.39, 0.29) is 12.4 Å². The first-order valence-electron chi connectivity index (χ1n) is 4.19. The summed E-state index contributed by atoms with van der Waals surface area (Å²) in [6, 6.07) is 4.77. The molecule has 0 spiro atoms. The lowest BCUT2D eigenvalue weighted by molar-refractivity contribution is 0.284. The smallest absolute Gasteiger partial charge is 0.117 e. The molecular formula is C10H10N2O2. The van der Waals surface area contributed by atoms with E-state index in [1.54, 1.807) is 12.1 Å². The SMILES string of the molecule is Nc1cnc2cc(O)ccc2c1CO. The zero-order chi connectivity index (χ0) is 10.1. The van der Waals surface area contributed by atoms with Crippen LogP contribution in [0.15, 0.2) is 24.4 Å². The minimum atomic E-state index is -0.129. The van der Waals surface area contributed by atoms with Crippen molar-refractivity contribution < 1.29 is 10.2 Å². The van der Waals surface area contributed by atoms with E-state index in [1.807, 2.05) is 0 Å². The summed E-state index contributed by atoms with van der Waals surface area (Å²) in [4.78, 5) is 4.05. The molecule has 2 rings (SSSR count). The third-order valence-electron chi connectivity index (χ3n) is 2.16. The molecule has 0 fully saturated rings. The minimum Gasteiger partial charge on any atom is -0.508 e. The highest BCUT2D eigenvalue weighted by atomic mass is 16.3. The van der Waals surface area contributed by atoms with Crippen LogP contribution in [0, 0.1) is 0 Å². The van der Waals surface area contributed by atoms with Gasteiger partial charge in [-0.25, -0.2) is 0 Å². The molecule has 1 aromatic carbocycles. The summed E-state index contributed by atoms with van der Waals surface area (Å²) < 4.78 is 0. The van der Waals surface area contributed by atoms with Crippen molar-refractivity contribution in [3.05, 3.63) is 30.0 Å². The number of hydrogen-bond acceptors (Lipinski definition) is 4. The Kier molecular flexibility index (Phi) is 1.98. The molecule has 0 amide bonds. The normalized spacial score (nSPS) is 10.6. The maximum atomic E-state index is 9.23. The fourth-order valence-corrected chi connectivity index (χ4v) is 1.43. The fourth-order valence-electron chi connectivity index (χ4n) is 1.43. The molecule has 0 radical (unpaired) electrons. The third kappa shape index (κ3) is 1.25. The van der Waals surface area contributed by atoms with E-state index in [4.69, 9.17) is 10.8 Å². The van der Waals surface area contributed by atoms with Gasteiger partial charge in [0.15, 0.2) is 0 Å². The first kappa shape index (κ1) is 8.77. The van der Waals surface area contributed by atoms with Crippen molar-refractivity contribution in [3.63, 3.8) is 0 Å². The predicted molar refractivity (Wildman–Crippen MR) is 53.7 cm³/mol. The topological polar surface area (TPSA) is 79.4 Å². The van der Waals surface area contributed by atoms with E-state index in [9.17, 15) is 5.11 Å². The van der Waals surface area contributed by atoms with E-state index in [1.165, 1.54) is 12.3 Å². The molecular weight excluding hydrogens is 180 g/mol.